The van der Waals surface area contributed by atoms with Crippen LogP contribution in [0.2, 0.25) is 0 Å². The minimum absolute atomic E-state index is 0.00699. The monoisotopic (exact) mass is 306 g/mol. The molecule has 21 heavy (non-hydrogen) atoms. The van der Waals surface area contributed by atoms with Gasteiger partial charge in [0.25, 0.3) is 5.91 Å². The summed E-state index contributed by atoms with van der Waals surface area (Å²) in [7, 11) is 0. The first-order chi connectivity index (χ1) is 10.2. The van der Waals surface area contributed by atoms with Crippen LogP contribution in [0.5, 0.6) is 5.75 Å². The third-order valence-corrected chi connectivity index (χ3v) is 4.67. The molecule has 112 valence electrons. The second kappa shape index (κ2) is 5.97. The molecule has 5 nitrogen and oxygen atoms in total. The molecular formula is C15H18N2O3S. The van der Waals surface area contributed by atoms with E-state index in [-0.39, 0.29) is 18.4 Å². The Balaban J connectivity index is 1.80. The zero-order valence-corrected chi connectivity index (χ0v) is 12.8. The standard InChI is InChI=1S/C15H18N2O3S/c1-11-15(19)17(12-4-2-3-5-13(12)20-11)10-14(18)16-6-8-21-9-7-16/h2-5,11H,6-10H2,1H3/t11-/m1/s1. The van der Waals surface area contributed by atoms with Gasteiger partial charge in [0, 0.05) is 24.6 Å². The van der Waals surface area contributed by atoms with Crippen molar-refractivity contribution in [2.45, 2.75) is 13.0 Å². The molecule has 1 saturated heterocycles. The van der Waals surface area contributed by atoms with Crippen LogP contribution in [0.3, 0.4) is 0 Å². The Kier molecular flexibility index (Phi) is 4.05. The van der Waals surface area contributed by atoms with Crippen molar-refractivity contribution < 1.29 is 14.3 Å². The fraction of sp³-hybridized carbons (Fsp3) is 0.467. The maximum absolute atomic E-state index is 12.4. The number of amides is 2. The van der Waals surface area contributed by atoms with E-state index in [1.165, 1.54) is 0 Å². The summed E-state index contributed by atoms with van der Waals surface area (Å²) in [4.78, 5) is 28.1. The molecule has 0 N–H and O–H groups in total. The van der Waals surface area contributed by atoms with Crippen LogP contribution >= 0.6 is 11.8 Å². The van der Waals surface area contributed by atoms with Crippen molar-refractivity contribution in [3.63, 3.8) is 0 Å². The van der Waals surface area contributed by atoms with E-state index in [2.05, 4.69) is 0 Å². The molecule has 6 heteroatoms. The third-order valence-electron chi connectivity index (χ3n) is 3.73. The molecule has 2 aliphatic rings. The molecule has 2 amide bonds. The Hall–Kier alpha value is -1.69. The highest BCUT2D eigenvalue weighted by Crippen LogP contribution is 2.33. The maximum atomic E-state index is 12.4. The number of thioether (sulfide) groups is 1. The van der Waals surface area contributed by atoms with E-state index < -0.39 is 6.10 Å². The second-order valence-electron chi connectivity index (χ2n) is 5.15. The van der Waals surface area contributed by atoms with Crippen molar-refractivity contribution in [1.29, 1.82) is 0 Å². The average Bonchev–Trinajstić information content (AvgIpc) is 2.52. The summed E-state index contributed by atoms with van der Waals surface area (Å²) in [5.41, 5.74) is 0.681. The molecule has 0 spiro atoms. The molecule has 0 aliphatic carbocycles. The molecule has 0 radical (unpaired) electrons. The minimum Gasteiger partial charge on any atom is -0.479 e. The van der Waals surface area contributed by atoms with Gasteiger partial charge in [-0.15, -0.1) is 0 Å². The lowest BCUT2D eigenvalue weighted by molar-refractivity contribution is -0.132. The van der Waals surface area contributed by atoms with E-state index in [9.17, 15) is 9.59 Å². The topological polar surface area (TPSA) is 49.9 Å². The minimum atomic E-state index is -0.551. The number of para-hydroxylation sites is 2. The Morgan fingerprint density at radius 3 is 2.81 bits per heavy atom. The number of hydrogen-bond acceptors (Lipinski definition) is 4. The third kappa shape index (κ3) is 2.85. The summed E-state index contributed by atoms with van der Waals surface area (Å²) in [6.45, 7) is 3.33. The van der Waals surface area contributed by atoms with Crippen LogP contribution in [0.25, 0.3) is 0 Å². The smallest absolute Gasteiger partial charge is 0.268 e. The van der Waals surface area contributed by atoms with E-state index >= 15 is 0 Å². The number of nitrogens with zero attached hydrogens (tertiary/aromatic N) is 2. The van der Waals surface area contributed by atoms with Crippen LogP contribution < -0.4 is 9.64 Å². The van der Waals surface area contributed by atoms with Gasteiger partial charge in [-0.25, -0.2) is 0 Å². The van der Waals surface area contributed by atoms with Crippen molar-refractivity contribution >= 4 is 29.3 Å². The van der Waals surface area contributed by atoms with E-state index in [4.69, 9.17) is 4.74 Å². The van der Waals surface area contributed by atoms with Crippen molar-refractivity contribution in [1.82, 2.24) is 4.90 Å². The number of fused-ring (bicyclic) bond motifs is 1. The van der Waals surface area contributed by atoms with E-state index in [0.29, 0.717) is 11.4 Å². The number of rotatable bonds is 2. The fourth-order valence-electron chi connectivity index (χ4n) is 2.57. The Labute approximate surface area is 128 Å². The molecule has 0 saturated carbocycles. The zero-order chi connectivity index (χ0) is 14.8. The molecule has 1 atom stereocenters. The molecule has 2 aliphatic heterocycles. The Bertz CT molecular complexity index is 558. The highest BCUT2D eigenvalue weighted by atomic mass is 32.2. The first kappa shape index (κ1) is 14.3. The number of hydrogen-bond donors (Lipinski definition) is 0. The summed E-state index contributed by atoms with van der Waals surface area (Å²) < 4.78 is 5.58. The van der Waals surface area contributed by atoms with Crippen molar-refractivity contribution in [2.75, 3.05) is 36.0 Å². The molecule has 0 unspecified atom stereocenters. The Morgan fingerprint density at radius 1 is 1.33 bits per heavy atom. The van der Waals surface area contributed by atoms with Crippen LogP contribution in [-0.4, -0.2) is 54.0 Å². The summed E-state index contributed by atoms with van der Waals surface area (Å²) in [6.07, 6.45) is -0.551. The SMILES string of the molecule is C[C@H]1Oc2ccccc2N(CC(=O)N2CCSCC2)C1=O. The summed E-state index contributed by atoms with van der Waals surface area (Å²) in [6, 6.07) is 7.36. The lowest BCUT2D eigenvalue weighted by atomic mass is 10.2. The van der Waals surface area contributed by atoms with Crippen LogP contribution in [0.4, 0.5) is 5.69 Å². The van der Waals surface area contributed by atoms with Gasteiger partial charge in [0.05, 0.1) is 5.69 Å². The number of anilines is 1. The molecular weight excluding hydrogens is 288 g/mol. The van der Waals surface area contributed by atoms with E-state index in [1.54, 1.807) is 11.8 Å². The van der Waals surface area contributed by atoms with Gasteiger partial charge in [-0.1, -0.05) is 12.1 Å². The van der Waals surface area contributed by atoms with Crippen molar-refractivity contribution in [3.8, 4) is 5.75 Å². The number of benzene rings is 1. The van der Waals surface area contributed by atoms with Crippen molar-refractivity contribution in [2.24, 2.45) is 0 Å². The molecule has 1 aromatic carbocycles. The van der Waals surface area contributed by atoms with Crippen LogP contribution in [0, 0.1) is 0 Å². The highest BCUT2D eigenvalue weighted by molar-refractivity contribution is 7.99. The summed E-state index contributed by atoms with van der Waals surface area (Å²) >= 11 is 1.86. The van der Waals surface area contributed by atoms with Gasteiger partial charge in [0.2, 0.25) is 5.91 Å². The molecule has 0 bridgehead atoms. The normalized spacial score (nSPS) is 21.8. The van der Waals surface area contributed by atoms with E-state index in [0.717, 1.165) is 24.6 Å². The molecule has 1 aromatic rings. The fourth-order valence-corrected chi connectivity index (χ4v) is 3.47. The van der Waals surface area contributed by atoms with E-state index in [1.807, 2.05) is 40.9 Å². The van der Waals surface area contributed by atoms with Gasteiger partial charge in [0.1, 0.15) is 12.3 Å². The lowest BCUT2D eigenvalue weighted by Gasteiger charge is -2.34. The predicted octanol–water partition coefficient (Wildman–Crippen LogP) is 1.38. The largest absolute Gasteiger partial charge is 0.479 e. The highest BCUT2D eigenvalue weighted by Gasteiger charge is 2.33. The second-order valence-corrected chi connectivity index (χ2v) is 6.37. The first-order valence-electron chi connectivity index (χ1n) is 7.09. The first-order valence-corrected chi connectivity index (χ1v) is 8.25. The van der Waals surface area contributed by atoms with Gasteiger partial charge in [-0.2, -0.15) is 11.8 Å². The molecule has 2 heterocycles. The average molecular weight is 306 g/mol. The number of ether oxygens (including phenoxy) is 1. The summed E-state index contributed by atoms with van der Waals surface area (Å²) in [5, 5.41) is 0. The predicted molar refractivity (Wildman–Crippen MR) is 82.8 cm³/mol. The van der Waals surface area contributed by atoms with Gasteiger partial charge in [-0.3, -0.25) is 14.5 Å². The lowest BCUT2D eigenvalue weighted by Crippen LogP contribution is -2.50. The van der Waals surface area contributed by atoms with Crippen LogP contribution in [0.15, 0.2) is 24.3 Å². The maximum Gasteiger partial charge on any atom is 0.268 e. The quantitative estimate of drug-likeness (QED) is 0.828. The van der Waals surface area contributed by atoms with Crippen LogP contribution in [0.1, 0.15) is 6.92 Å². The van der Waals surface area contributed by atoms with Crippen LogP contribution in [-0.2, 0) is 9.59 Å². The van der Waals surface area contributed by atoms with Gasteiger partial charge in [0.15, 0.2) is 6.10 Å². The zero-order valence-electron chi connectivity index (χ0n) is 11.9. The Morgan fingerprint density at radius 2 is 2.05 bits per heavy atom. The summed E-state index contributed by atoms with van der Waals surface area (Å²) in [5.74, 6) is 2.44. The number of carbonyl (C=O) groups is 2. The molecule has 0 aromatic heterocycles. The van der Waals surface area contributed by atoms with Gasteiger partial charge in [-0.05, 0) is 19.1 Å². The molecule has 3 rings (SSSR count). The molecule has 1 fully saturated rings. The number of carbonyl (C=O) groups excluding carboxylic acids is 2. The van der Waals surface area contributed by atoms with Crippen molar-refractivity contribution in [3.05, 3.63) is 24.3 Å². The van der Waals surface area contributed by atoms with Gasteiger partial charge < -0.3 is 9.64 Å². The van der Waals surface area contributed by atoms with Gasteiger partial charge >= 0.3 is 0 Å².